The van der Waals surface area contributed by atoms with Gasteiger partial charge < -0.3 is 5.73 Å². The number of hydrogen-bond acceptors (Lipinski definition) is 2. The van der Waals surface area contributed by atoms with Crippen LogP contribution >= 0.6 is 11.6 Å². The number of nitrogens with two attached hydrogens (primary N) is 1. The molecule has 1 aromatic carbocycles. The summed E-state index contributed by atoms with van der Waals surface area (Å²) >= 11 is 5.82. The minimum atomic E-state index is -2.65. The number of fused-ring (bicyclic) bond motifs is 1. The Morgan fingerprint density at radius 1 is 1.25 bits per heavy atom. The van der Waals surface area contributed by atoms with Crippen molar-refractivity contribution in [3.63, 3.8) is 0 Å². The van der Waals surface area contributed by atoms with Crippen LogP contribution in [-0.4, -0.2) is 11.4 Å². The summed E-state index contributed by atoms with van der Waals surface area (Å²) in [4.78, 5) is 4.03. The Hall–Kier alpha value is -1.26. The number of hydrogen-bond donors (Lipinski definition) is 1. The Balaban J connectivity index is 2.58. The highest BCUT2D eigenvalue weighted by Crippen LogP contribution is 2.27. The van der Waals surface area contributed by atoms with Crippen LogP contribution in [0.4, 0.5) is 8.78 Å². The molecule has 0 aliphatic carbocycles. The van der Waals surface area contributed by atoms with Crippen LogP contribution in [0.5, 0.6) is 0 Å². The largest absolute Gasteiger partial charge is 0.319 e. The molecule has 16 heavy (non-hydrogen) atoms. The second kappa shape index (κ2) is 4.31. The number of pyridine rings is 1. The van der Waals surface area contributed by atoms with Gasteiger partial charge in [0.2, 0.25) is 0 Å². The lowest BCUT2D eigenvalue weighted by atomic mass is 10.1. The Labute approximate surface area is 96.0 Å². The van der Waals surface area contributed by atoms with E-state index in [1.165, 1.54) is 0 Å². The zero-order valence-corrected chi connectivity index (χ0v) is 8.96. The van der Waals surface area contributed by atoms with E-state index in [9.17, 15) is 8.78 Å². The maximum atomic E-state index is 12.5. The predicted octanol–water partition coefficient (Wildman–Crippen LogP) is 3.15. The summed E-state index contributed by atoms with van der Waals surface area (Å²) in [5, 5.41) is 0.782. The third kappa shape index (κ3) is 1.99. The van der Waals surface area contributed by atoms with Crippen LogP contribution in [0.15, 0.2) is 30.3 Å². The van der Waals surface area contributed by atoms with Gasteiger partial charge in [0.1, 0.15) is 5.15 Å². The van der Waals surface area contributed by atoms with Crippen LogP contribution in [-0.2, 0) is 0 Å². The molecule has 84 valence electrons. The van der Waals surface area contributed by atoms with Gasteiger partial charge in [0.25, 0.3) is 6.43 Å². The van der Waals surface area contributed by atoms with E-state index in [2.05, 4.69) is 4.98 Å². The molecule has 0 spiro atoms. The van der Waals surface area contributed by atoms with Gasteiger partial charge in [-0.3, -0.25) is 0 Å². The number of benzene rings is 1. The van der Waals surface area contributed by atoms with E-state index in [4.69, 9.17) is 17.3 Å². The van der Waals surface area contributed by atoms with Crippen LogP contribution in [0.2, 0.25) is 5.15 Å². The lowest BCUT2D eigenvalue weighted by Gasteiger charge is -2.12. The van der Waals surface area contributed by atoms with Crippen molar-refractivity contribution in [1.82, 2.24) is 4.98 Å². The monoisotopic (exact) mass is 242 g/mol. The standard InChI is InChI=1S/C11H9ClF2N2/c12-10-7(9(15)11(13)14)5-6-3-1-2-4-8(6)16-10/h1-5,9,11H,15H2/t9-/m0/s1. The van der Waals surface area contributed by atoms with Crippen LogP contribution in [0.1, 0.15) is 11.6 Å². The van der Waals surface area contributed by atoms with Crippen molar-refractivity contribution < 1.29 is 8.78 Å². The van der Waals surface area contributed by atoms with Crippen LogP contribution in [0.25, 0.3) is 10.9 Å². The molecule has 5 heteroatoms. The first-order valence-corrected chi connectivity index (χ1v) is 5.06. The molecule has 0 unspecified atom stereocenters. The van der Waals surface area contributed by atoms with Gasteiger partial charge in [0, 0.05) is 10.9 Å². The van der Waals surface area contributed by atoms with Crippen molar-refractivity contribution in [1.29, 1.82) is 0 Å². The third-order valence-corrected chi connectivity index (χ3v) is 2.64. The minimum Gasteiger partial charge on any atom is -0.319 e. The molecule has 0 saturated carbocycles. The molecule has 0 saturated heterocycles. The van der Waals surface area contributed by atoms with Crippen molar-refractivity contribution in [3.05, 3.63) is 41.0 Å². The number of para-hydroxylation sites is 1. The first-order valence-electron chi connectivity index (χ1n) is 4.68. The molecule has 2 nitrogen and oxygen atoms in total. The van der Waals surface area contributed by atoms with Crippen molar-refractivity contribution in [2.75, 3.05) is 0 Å². The van der Waals surface area contributed by atoms with Crippen LogP contribution in [0.3, 0.4) is 0 Å². The Morgan fingerprint density at radius 3 is 2.62 bits per heavy atom. The third-order valence-electron chi connectivity index (χ3n) is 2.34. The smallest absolute Gasteiger partial charge is 0.257 e. The van der Waals surface area contributed by atoms with Gasteiger partial charge >= 0.3 is 0 Å². The molecule has 0 aliphatic heterocycles. The normalized spacial score (nSPS) is 13.3. The summed E-state index contributed by atoms with van der Waals surface area (Å²) in [5.41, 5.74) is 6.20. The van der Waals surface area contributed by atoms with E-state index in [-0.39, 0.29) is 10.7 Å². The van der Waals surface area contributed by atoms with E-state index >= 15 is 0 Å². The van der Waals surface area contributed by atoms with Crippen LogP contribution in [0, 0.1) is 0 Å². The van der Waals surface area contributed by atoms with E-state index in [1.807, 2.05) is 0 Å². The van der Waals surface area contributed by atoms with Crippen molar-refractivity contribution in [2.24, 2.45) is 5.73 Å². The van der Waals surface area contributed by atoms with Crippen molar-refractivity contribution in [3.8, 4) is 0 Å². The van der Waals surface area contributed by atoms with Gasteiger partial charge in [-0.15, -0.1) is 0 Å². The molecule has 2 rings (SSSR count). The fraction of sp³-hybridized carbons (Fsp3) is 0.182. The molecule has 0 bridgehead atoms. The average Bonchev–Trinajstić information content (AvgIpc) is 2.27. The second-order valence-corrected chi connectivity index (χ2v) is 3.78. The summed E-state index contributed by atoms with van der Waals surface area (Å²) in [6, 6.07) is 7.30. The highest BCUT2D eigenvalue weighted by atomic mass is 35.5. The fourth-order valence-corrected chi connectivity index (χ4v) is 1.75. The van der Waals surface area contributed by atoms with Gasteiger partial charge in [-0.2, -0.15) is 0 Å². The molecule has 2 aromatic rings. The molecule has 1 atom stereocenters. The number of halogens is 3. The quantitative estimate of drug-likeness (QED) is 0.822. The summed E-state index contributed by atoms with van der Waals surface area (Å²) < 4.78 is 25.0. The highest BCUT2D eigenvalue weighted by molar-refractivity contribution is 6.30. The molecule has 0 aliphatic rings. The van der Waals surface area contributed by atoms with Crippen molar-refractivity contribution >= 4 is 22.5 Å². The number of rotatable bonds is 2. The maximum absolute atomic E-state index is 12.5. The second-order valence-electron chi connectivity index (χ2n) is 3.42. The van der Waals surface area contributed by atoms with Gasteiger partial charge in [-0.25, -0.2) is 13.8 Å². The van der Waals surface area contributed by atoms with Crippen LogP contribution < -0.4 is 5.73 Å². The SMILES string of the molecule is N[C@@H](c1cc2ccccc2nc1Cl)C(F)F. The summed E-state index contributed by atoms with van der Waals surface area (Å²) in [7, 11) is 0. The Bertz CT molecular complexity index is 516. The molecular formula is C11H9ClF2N2. The summed E-state index contributed by atoms with van der Waals surface area (Å²) in [5.74, 6) is 0. The molecule has 1 aromatic heterocycles. The van der Waals surface area contributed by atoms with E-state index < -0.39 is 12.5 Å². The first-order chi connectivity index (χ1) is 7.59. The fourth-order valence-electron chi connectivity index (χ4n) is 1.48. The summed E-state index contributed by atoms with van der Waals surface area (Å²) in [6.45, 7) is 0. The topological polar surface area (TPSA) is 38.9 Å². The maximum Gasteiger partial charge on any atom is 0.257 e. The van der Waals surface area contributed by atoms with Gasteiger partial charge in [-0.05, 0) is 12.1 Å². The zero-order valence-electron chi connectivity index (χ0n) is 8.20. The van der Waals surface area contributed by atoms with Gasteiger partial charge in [0.05, 0.1) is 11.6 Å². The zero-order chi connectivity index (χ0) is 11.7. The van der Waals surface area contributed by atoms with E-state index in [1.54, 1.807) is 30.3 Å². The molecule has 2 N–H and O–H groups in total. The lowest BCUT2D eigenvalue weighted by molar-refractivity contribution is 0.116. The molecule has 1 heterocycles. The predicted molar refractivity (Wildman–Crippen MR) is 59.7 cm³/mol. The number of nitrogens with zero attached hydrogens (tertiary/aromatic N) is 1. The van der Waals surface area contributed by atoms with Gasteiger partial charge in [0.15, 0.2) is 0 Å². The number of alkyl halides is 2. The average molecular weight is 243 g/mol. The van der Waals surface area contributed by atoms with E-state index in [0.717, 1.165) is 5.39 Å². The van der Waals surface area contributed by atoms with Gasteiger partial charge in [-0.1, -0.05) is 29.8 Å². The van der Waals surface area contributed by atoms with E-state index in [0.29, 0.717) is 5.52 Å². The Morgan fingerprint density at radius 2 is 1.94 bits per heavy atom. The first kappa shape index (κ1) is 11.2. The highest BCUT2D eigenvalue weighted by Gasteiger charge is 2.21. The lowest BCUT2D eigenvalue weighted by Crippen LogP contribution is -2.19. The molecule has 0 amide bonds. The van der Waals surface area contributed by atoms with Crippen molar-refractivity contribution in [2.45, 2.75) is 12.5 Å². The molecule has 0 fully saturated rings. The summed E-state index contributed by atoms with van der Waals surface area (Å²) in [6.07, 6.45) is -2.65. The number of aromatic nitrogens is 1. The Kier molecular flexibility index (Phi) is 3.03. The molecule has 0 radical (unpaired) electrons. The minimum absolute atomic E-state index is 0.0338. The molecular weight excluding hydrogens is 234 g/mol.